The Morgan fingerprint density at radius 3 is 2.68 bits per heavy atom. The lowest BCUT2D eigenvalue weighted by atomic mass is 10.0. The van der Waals surface area contributed by atoms with Crippen LogP contribution >= 0.6 is 0 Å². The quantitative estimate of drug-likeness (QED) is 0.822. The fourth-order valence-corrected chi connectivity index (χ4v) is 1.67. The highest BCUT2D eigenvalue weighted by atomic mass is 15.2. The van der Waals surface area contributed by atoms with E-state index in [2.05, 4.69) is 48.1 Å². The third-order valence-electron chi connectivity index (χ3n) is 3.56. The Morgan fingerprint density at radius 1 is 1.26 bits per heavy atom. The molecule has 0 aliphatic heterocycles. The fourth-order valence-electron chi connectivity index (χ4n) is 1.67. The molecule has 0 unspecified atom stereocenters. The zero-order valence-electron chi connectivity index (χ0n) is 11.9. The Balaban J connectivity index is 2.28. The first kappa shape index (κ1) is 13.5. The number of hydrogen-bond donors (Lipinski definition) is 2. The van der Waals surface area contributed by atoms with Gasteiger partial charge in [-0.25, -0.2) is 9.97 Å². The predicted molar refractivity (Wildman–Crippen MR) is 80.2 cm³/mol. The van der Waals surface area contributed by atoms with Crippen molar-refractivity contribution in [1.82, 2.24) is 14.9 Å². The van der Waals surface area contributed by atoms with Gasteiger partial charge in [-0.2, -0.15) is 0 Å². The summed E-state index contributed by atoms with van der Waals surface area (Å²) in [6.45, 7) is 5.15. The molecule has 3 N–H and O–H groups in total. The van der Waals surface area contributed by atoms with Gasteiger partial charge in [0.15, 0.2) is 0 Å². The van der Waals surface area contributed by atoms with Crippen LogP contribution in [0.1, 0.15) is 13.8 Å². The first-order valence-electron chi connectivity index (χ1n) is 6.32. The molecule has 0 spiro atoms. The van der Waals surface area contributed by atoms with E-state index in [-0.39, 0.29) is 5.54 Å². The third kappa shape index (κ3) is 2.93. The standard InChI is InChI=1S/C14H21N5/c1-14(2,19(3)4)8-16-13-11-7-10(15)5-6-12(11)17-9-18-13/h5-7,9H,8,15H2,1-4H3,(H,16,17,18). The number of nitrogens with one attached hydrogen (secondary N) is 1. The number of anilines is 2. The lowest BCUT2D eigenvalue weighted by molar-refractivity contribution is 0.210. The predicted octanol–water partition coefficient (Wildman–Crippen LogP) is 1.96. The van der Waals surface area contributed by atoms with Crippen molar-refractivity contribution >= 4 is 22.4 Å². The zero-order chi connectivity index (χ0) is 14.0. The van der Waals surface area contributed by atoms with E-state index in [1.54, 1.807) is 6.33 Å². The first-order valence-corrected chi connectivity index (χ1v) is 6.32. The molecule has 2 rings (SSSR count). The van der Waals surface area contributed by atoms with Crippen LogP contribution in [0.5, 0.6) is 0 Å². The van der Waals surface area contributed by atoms with Gasteiger partial charge in [-0.15, -0.1) is 0 Å². The minimum atomic E-state index is 0.0393. The second-order valence-electron chi connectivity index (χ2n) is 5.56. The summed E-state index contributed by atoms with van der Waals surface area (Å²) < 4.78 is 0. The van der Waals surface area contributed by atoms with E-state index < -0.39 is 0 Å². The molecule has 1 heterocycles. The van der Waals surface area contributed by atoms with Crippen molar-refractivity contribution in [1.29, 1.82) is 0 Å². The normalized spacial score (nSPS) is 12.1. The van der Waals surface area contributed by atoms with Crippen molar-refractivity contribution in [2.24, 2.45) is 0 Å². The Kier molecular flexibility index (Phi) is 3.57. The van der Waals surface area contributed by atoms with Gasteiger partial charge in [-0.05, 0) is 46.1 Å². The van der Waals surface area contributed by atoms with Crippen molar-refractivity contribution in [3.63, 3.8) is 0 Å². The molecule has 5 heteroatoms. The number of aromatic nitrogens is 2. The van der Waals surface area contributed by atoms with Crippen LogP contribution in [0.2, 0.25) is 0 Å². The molecule has 0 bridgehead atoms. The van der Waals surface area contributed by atoms with Gasteiger partial charge < -0.3 is 16.0 Å². The maximum absolute atomic E-state index is 5.83. The van der Waals surface area contributed by atoms with Crippen LogP contribution in [0.25, 0.3) is 10.9 Å². The van der Waals surface area contributed by atoms with Gasteiger partial charge in [0.25, 0.3) is 0 Å². The third-order valence-corrected chi connectivity index (χ3v) is 3.56. The average Bonchev–Trinajstić information content (AvgIpc) is 2.36. The van der Waals surface area contributed by atoms with E-state index in [9.17, 15) is 0 Å². The second kappa shape index (κ2) is 5.01. The molecule has 0 aliphatic carbocycles. The largest absolute Gasteiger partial charge is 0.399 e. The number of fused-ring (bicyclic) bond motifs is 1. The van der Waals surface area contributed by atoms with Crippen molar-refractivity contribution in [2.75, 3.05) is 31.7 Å². The summed E-state index contributed by atoms with van der Waals surface area (Å²) in [5.74, 6) is 0.826. The Morgan fingerprint density at radius 2 is 2.00 bits per heavy atom. The highest BCUT2D eigenvalue weighted by Crippen LogP contribution is 2.22. The molecule has 0 atom stereocenters. The number of hydrogen-bond acceptors (Lipinski definition) is 5. The molecule has 1 aromatic heterocycles. The molecule has 0 aliphatic rings. The monoisotopic (exact) mass is 259 g/mol. The smallest absolute Gasteiger partial charge is 0.137 e. The summed E-state index contributed by atoms with van der Waals surface area (Å²) in [4.78, 5) is 10.7. The van der Waals surface area contributed by atoms with E-state index >= 15 is 0 Å². The van der Waals surface area contributed by atoms with Gasteiger partial charge in [0.2, 0.25) is 0 Å². The van der Waals surface area contributed by atoms with Crippen molar-refractivity contribution in [3.05, 3.63) is 24.5 Å². The van der Waals surface area contributed by atoms with Gasteiger partial charge in [-0.3, -0.25) is 0 Å². The summed E-state index contributed by atoms with van der Waals surface area (Å²) in [6.07, 6.45) is 1.57. The number of likely N-dealkylation sites (N-methyl/N-ethyl adjacent to an activating group) is 1. The molecule has 5 nitrogen and oxygen atoms in total. The summed E-state index contributed by atoms with van der Waals surface area (Å²) in [5.41, 5.74) is 7.49. The SMILES string of the molecule is CN(C)C(C)(C)CNc1ncnc2ccc(N)cc12. The average molecular weight is 259 g/mol. The van der Waals surface area contributed by atoms with Gasteiger partial charge in [0.05, 0.1) is 5.52 Å². The van der Waals surface area contributed by atoms with Gasteiger partial charge in [0, 0.05) is 23.2 Å². The molecule has 0 amide bonds. The lowest BCUT2D eigenvalue weighted by Gasteiger charge is -2.32. The molecular formula is C14H21N5. The summed E-state index contributed by atoms with van der Waals surface area (Å²) in [7, 11) is 4.13. The number of nitrogens with zero attached hydrogens (tertiary/aromatic N) is 3. The topological polar surface area (TPSA) is 67.1 Å². The molecular weight excluding hydrogens is 238 g/mol. The minimum absolute atomic E-state index is 0.0393. The molecule has 0 saturated heterocycles. The fraction of sp³-hybridized carbons (Fsp3) is 0.429. The Labute approximate surface area is 113 Å². The maximum atomic E-state index is 5.83. The first-order chi connectivity index (χ1) is 8.90. The van der Waals surface area contributed by atoms with Crippen LogP contribution in [0.15, 0.2) is 24.5 Å². The number of nitrogens with two attached hydrogens (primary N) is 1. The van der Waals surface area contributed by atoms with Crippen LogP contribution in [-0.2, 0) is 0 Å². The van der Waals surface area contributed by atoms with Crippen LogP contribution in [0.4, 0.5) is 11.5 Å². The van der Waals surface area contributed by atoms with Crippen molar-refractivity contribution in [3.8, 4) is 0 Å². The zero-order valence-corrected chi connectivity index (χ0v) is 11.9. The van der Waals surface area contributed by atoms with Gasteiger partial charge in [0.1, 0.15) is 12.1 Å². The second-order valence-corrected chi connectivity index (χ2v) is 5.56. The van der Waals surface area contributed by atoms with Crippen LogP contribution in [0.3, 0.4) is 0 Å². The molecule has 0 saturated carbocycles. The van der Waals surface area contributed by atoms with Crippen LogP contribution in [-0.4, -0.2) is 41.0 Å². The minimum Gasteiger partial charge on any atom is -0.399 e. The molecule has 0 radical (unpaired) electrons. The van der Waals surface area contributed by atoms with Crippen LogP contribution in [0, 0.1) is 0 Å². The van der Waals surface area contributed by atoms with E-state index in [4.69, 9.17) is 5.73 Å². The van der Waals surface area contributed by atoms with Gasteiger partial charge in [-0.1, -0.05) is 0 Å². The Bertz CT molecular complexity index is 577. The summed E-state index contributed by atoms with van der Waals surface area (Å²) >= 11 is 0. The molecule has 0 fully saturated rings. The highest BCUT2D eigenvalue weighted by Gasteiger charge is 2.20. The molecule has 102 valence electrons. The van der Waals surface area contributed by atoms with E-state index in [0.29, 0.717) is 0 Å². The maximum Gasteiger partial charge on any atom is 0.137 e. The molecule has 1 aromatic carbocycles. The number of benzene rings is 1. The number of nitrogen functional groups attached to an aromatic ring is 1. The van der Waals surface area contributed by atoms with Crippen molar-refractivity contribution in [2.45, 2.75) is 19.4 Å². The van der Waals surface area contributed by atoms with E-state index in [0.717, 1.165) is 29.0 Å². The number of rotatable bonds is 4. The van der Waals surface area contributed by atoms with Crippen molar-refractivity contribution < 1.29 is 0 Å². The Hall–Kier alpha value is -1.88. The lowest BCUT2D eigenvalue weighted by Crippen LogP contribution is -2.44. The summed E-state index contributed by atoms with van der Waals surface area (Å²) in [5, 5.41) is 4.34. The molecule has 19 heavy (non-hydrogen) atoms. The molecule has 2 aromatic rings. The highest BCUT2D eigenvalue weighted by molar-refractivity contribution is 5.91. The van der Waals surface area contributed by atoms with Gasteiger partial charge >= 0.3 is 0 Å². The van der Waals surface area contributed by atoms with Crippen LogP contribution < -0.4 is 11.1 Å². The van der Waals surface area contributed by atoms with E-state index in [1.807, 2.05) is 18.2 Å². The van der Waals surface area contributed by atoms with E-state index in [1.165, 1.54) is 0 Å². The summed E-state index contributed by atoms with van der Waals surface area (Å²) in [6, 6.07) is 5.66.